The first-order valence-corrected chi connectivity index (χ1v) is 5.42. The highest BCUT2D eigenvalue weighted by molar-refractivity contribution is 5.68. The zero-order chi connectivity index (χ0) is 13.8. The standard InChI is InChI=1S/C11H17N5O2/c1-5-6-7(8-14-9(12)16-15-8)13-10(17)18-11(2,3)4/h1,7H,6H2,2-4H3,(H,13,17)(H3,12,14,15,16). The van der Waals surface area contributed by atoms with E-state index in [9.17, 15) is 4.79 Å². The molecule has 1 aromatic rings. The Bertz CT molecular complexity index is 455. The van der Waals surface area contributed by atoms with Gasteiger partial charge in [-0.1, -0.05) is 0 Å². The van der Waals surface area contributed by atoms with Crippen LogP contribution < -0.4 is 11.1 Å². The Hall–Kier alpha value is -2.23. The first-order valence-electron chi connectivity index (χ1n) is 5.42. The van der Waals surface area contributed by atoms with Gasteiger partial charge < -0.3 is 15.8 Å². The lowest BCUT2D eigenvalue weighted by atomic mass is 10.2. The molecule has 0 radical (unpaired) electrons. The van der Waals surface area contributed by atoms with Crippen molar-refractivity contribution < 1.29 is 9.53 Å². The topological polar surface area (TPSA) is 106 Å². The minimum absolute atomic E-state index is 0.0954. The van der Waals surface area contributed by atoms with Crippen molar-refractivity contribution in [2.24, 2.45) is 0 Å². The van der Waals surface area contributed by atoms with Crippen LogP contribution in [0.2, 0.25) is 0 Å². The molecule has 0 fully saturated rings. The average molecular weight is 251 g/mol. The Labute approximate surface area is 105 Å². The zero-order valence-electron chi connectivity index (χ0n) is 10.7. The maximum atomic E-state index is 11.6. The summed E-state index contributed by atoms with van der Waals surface area (Å²) in [7, 11) is 0. The van der Waals surface area contributed by atoms with Crippen LogP contribution in [0.4, 0.5) is 10.7 Å². The van der Waals surface area contributed by atoms with Crippen molar-refractivity contribution >= 4 is 12.0 Å². The molecular weight excluding hydrogens is 234 g/mol. The van der Waals surface area contributed by atoms with Gasteiger partial charge in [0, 0.05) is 6.42 Å². The zero-order valence-corrected chi connectivity index (χ0v) is 10.7. The van der Waals surface area contributed by atoms with E-state index < -0.39 is 17.7 Å². The largest absolute Gasteiger partial charge is 0.444 e. The Kier molecular flexibility index (Phi) is 4.15. The van der Waals surface area contributed by atoms with Gasteiger partial charge in [0.2, 0.25) is 5.95 Å². The molecule has 7 heteroatoms. The average Bonchev–Trinajstić information content (AvgIpc) is 2.61. The van der Waals surface area contributed by atoms with Crippen molar-refractivity contribution in [3.63, 3.8) is 0 Å². The summed E-state index contributed by atoms with van der Waals surface area (Å²) >= 11 is 0. The van der Waals surface area contributed by atoms with Gasteiger partial charge in [0.15, 0.2) is 0 Å². The molecule has 1 aromatic heterocycles. The van der Waals surface area contributed by atoms with Gasteiger partial charge >= 0.3 is 6.09 Å². The molecule has 0 saturated carbocycles. The lowest BCUT2D eigenvalue weighted by Crippen LogP contribution is -2.35. The van der Waals surface area contributed by atoms with Gasteiger partial charge in [-0.2, -0.15) is 4.98 Å². The van der Waals surface area contributed by atoms with Crippen LogP contribution >= 0.6 is 0 Å². The molecule has 4 N–H and O–H groups in total. The molecule has 98 valence electrons. The maximum Gasteiger partial charge on any atom is 0.408 e. The number of carbonyl (C=O) groups excluding carboxylic acids is 1. The van der Waals surface area contributed by atoms with Crippen molar-refractivity contribution in [3.05, 3.63) is 5.82 Å². The van der Waals surface area contributed by atoms with Crippen LogP contribution in [0.15, 0.2) is 0 Å². The molecule has 0 aliphatic rings. The smallest absolute Gasteiger partial charge is 0.408 e. The van der Waals surface area contributed by atoms with Crippen LogP contribution in [0.1, 0.15) is 39.1 Å². The number of anilines is 1. The van der Waals surface area contributed by atoms with E-state index in [1.54, 1.807) is 20.8 Å². The van der Waals surface area contributed by atoms with E-state index in [4.69, 9.17) is 16.9 Å². The number of hydrogen-bond acceptors (Lipinski definition) is 5. The Balaban J connectivity index is 2.70. The third-order valence-corrected chi connectivity index (χ3v) is 1.86. The summed E-state index contributed by atoms with van der Waals surface area (Å²) in [6.45, 7) is 5.32. The normalized spacial score (nSPS) is 12.6. The first kappa shape index (κ1) is 13.8. The monoisotopic (exact) mass is 251 g/mol. The fourth-order valence-electron chi connectivity index (χ4n) is 1.23. The highest BCUT2D eigenvalue weighted by Gasteiger charge is 2.22. The fourth-order valence-corrected chi connectivity index (χ4v) is 1.23. The van der Waals surface area contributed by atoms with Gasteiger partial charge in [0.05, 0.1) is 0 Å². The van der Waals surface area contributed by atoms with Crippen molar-refractivity contribution in [3.8, 4) is 12.3 Å². The second-order valence-electron chi connectivity index (χ2n) is 4.69. The van der Waals surface area contributed by atoms with Gasteiger partial charge in [-0.25, -0.2) is 4.79 Å². The van der Waals surface area contributed by atoms with Gasteiger partial charge in [0.25, 0.3) is 0 Å². The van der Waals surface area contributed by atoms with Gasteiger partial charge in [-0.05, 0) is 20.8 Å². The number of nitrogens with zero attached hydrogens (tertiary/aromatic N) is 2. The number of aromatic amines is 1. The second-order valence-corrected chi connectivity index (χ2v) is 4.69. The molecule has 18 heavy (non-hydrogen) atoms. The van der Waals surface area contributed by atoms with Gasteiger partial charge in [-0.3, -0.25) is 5.10 Å². The van der Waals surface area contributed by atoms with Crippen LogP contribution in [0.25, 0.3) is 0 Å². The SMILES string of the molecule is C#CCC(NC(=O)OC(C)(C)C)c1nc(N)n[nH]1. The number of amides is 1. The van der Waals surface area contributed by atoms with Crippen LogP contribution in [0.5, 0.6) is 0 Å². The Morgan fingerprint density at radius 1 is 1.67 bits per heavy atom. The summed E-state index contributed by atoms with van der Waals surface area (Å²) in [5.74, 6) is 2.94. The third-order valence-electron chi connectivity index (χ3n) is 1.86. The first-order chi connectivity index (χ1) is 8.31. The molecular formula is C11H17N5O2. The maximum absolute atomic E-state index is 11.6. The molecule has 0 spiro atoms. The summed E-state index contributed by atoms with van der Waals surface area (Å²) in [5, 5.41) is 8.90. The van der Waals surface area contributed by atoms with Gasteiger partial charge in [-0.15, -0.1) is 17.4 Å². The molecule has 1 unspecified atom stereocenters. The quantitative estimate of drug-likeness (QED) is 0.694. The Morgan fingerprint density at radius 3 is 2.78 bits per heavy atom. The fraction of sp³-hybridized carbons (Fsp3) is 0.545. The number of rotatable bonds is 3. The number of ether oxygens (including phenoxy) is 1. The summed E-state index contributed by atoms with van der Waals surface area (Å²) in [5.41, 5.74) is 4.82. The van der Waals surface area contributed by atoms with E-state index in [-0.39, 0.29) is 12.4 Å². The number of aromatic nitrogens is 3. The molecule has 1 amide bonds. The lowest BCUT2D eigenvalue weighted by molar-refractivity contribution is 0.0502. The summed E-state index contributed by atoms with van der Waals surface area (Å²) in [6, 6.07) is -0.505. The second kappa shape index (κ2) is 5.40. The molecule has 0 aromatic carbocycles. The summed E-state index contributed by atoms with van der Waals surface area (Å²) in [4.78, 5) is 15.6. The van der Waals surface area contributed by atoms with Crippen LogP contribution in [-0.4, -0.2) is 26.9 Å². The number of H-pyrrole nitrogens is 1. The van der Waals surface area contributed by atoms with E-state index in [1.165, 1.54) is 0 Å². The van der Waals surface area contributed by atoms with E-state index in [2.05, 4.69) is 26.4 Å². The summed E-state index contributed by atoms with van der Waals surface area (Å²) in [6.07, 6.45) is 4.93. The van der Waals surface area contributed by atoms with Crippen LogP contribution in [0, 0.1) is 12.3 Å². The lowest BCUT2D eigenvalue weighted by Gasteiger charge is -2.21. The van der Waals surface area contributed by atoms with E-state index in [0.717, 1.165) is 0 Å². The molecule has 1 atom stereocenters. The van der Waals surface area contributed by atoms with Crippen molar-refractivity contribution in [1.29, 1.82) is 0 Å². The molecule has 1 heterocycles. The summed E-state index contributed by atoms with van der Waals surface area (Å²) < 4.78 is 5.13. The van der Waals surface area contributed by atoms with Crippen molar-refractivity contribution in [1.82, 2.24) is 20.5 Å². The molecule has 0 aliphatic heterocycles. The van der Waals surface area contributed by atoms with Crippen LogP contribution in [-0.2, 0) is 4.74 Å². The predicted octanol–water partition coefficient (Wildman–Crippen LogP) is 0.976. The number of hydrogen-bond donors (Lipinski definition) is 3. The highest BCUT2D eigenvalue weighted by atomic mass is 16.6. The number of alkyl carbamates (subject to hydrolysis) is 1. The minimum Gasteiger partial charge on any atom is -0.444 e. The third kappa shape index (κ3) is 4.33. The number of carbonyl (C=O) groups is 1. The molecule has 0 aliphatic carbocycles. The highest BCUT2D eigenvalue weighted by Crippen LogP contribution is 2.14. The molecule has 0 saturated heterocycles. The van der Waals surface area contributed by atoms with Crippen LogP contribution in [0.3, 0.4) is 0 Å². The minimum atomic E-state index is -0.578. The number of terminal acetylenes is 1. The van der Waals surface area contributed by atoms with Gasteiger partial charge in [0.1, 0.15) is 17.5 Å². The number of nitrogen functional groups attached to an aromatic ring is 1. The van der Waals surface area contributed by atoms with Crippen molar-refractivity contribution in [2.45, 2.75) is 38.8 Å². The van der Waals surface area contributed by atoms with E-state index in [0.29, 0.717) is 5.82 Å². The predicted molar refractivity (Wildman–Crippen MR) is 66.4 cm³/mol. The number of nitrogens with one attached hydrogen (secondary N) is 2. The number of nitrogens with two attached hydrogens (primary N) is 1. The van der Waals surface area contributed by atoms with Crippen molar-refractivity contribution in [2.75, 3.05) is 5.73 Å². The van der Waals surface area contributed by atoms with E-state index >= 15 is 0 Å². The Morgan fingerprint density at radius 2 is 2.33 bits per heavy atom. The molecule has 1 rings (SSSR count). The molecule has 0 bridgehead atoms. The molecule has 7 nitrogen and oxygen atoms in total. The van der Waals surface area contributed by atoms with E-state index in [1.807, 2.05) is 0 Å².